The van der Waals surface area contributed by atoms with Gasteiger partial charge in [0.1, 0.15) is 0 Å². The summed E-state index contributed by atoms with van der Waals surface area (Å²) >= 11 is 0. The summed E-state index contributed by atoms with van der Waals surface area (Å²) in [5.41, 5.74) is 0. The quantitative estimate of drug-likeness (QED) is 0.648. The van der Waals surface area contributed by atoms with Crippen LogP contribution in [0.1, 0.15) is 0 Å². The molecule has 92 valence electrons. The number of aliphatic hydroxyl groups excluding tert-OH is 1. The molecule has 17 heavy (non-hydrogen) atoms. The van der Waals surface area contributed by atoms with Crippen LogP contribution in [0.5, 0.6) is 0 Å². The van der Waals surface area contributed by atoms with E-state index in [1.807, 2.05) is 29.2 Å². The molecule has 2 heterocycles. The van der Waals surface area contributed by atoms with E-state index in [1.54, 1.807) is 17.1 Å². The SMILES string of the molecule is OC(CNCCn1cccn1)Cn1cccn1. The van der Waals surface area contributed by atoms with E-state index in [4.69, 9.17) is 0 Å². The average Bonchev–Trinajstić information content (AvgIpc) is 2.96. The van der Waals surface area contributed by atoms with Gasteiger partial charge in [0.15, 0.2) is 0 Å². The average molecular weight is 235 g/mol. The number of aliphatic hydroxyl groups is 1. The molecule has 0 radical (unpaired) electrons. The zero-order valence-corrected chi connectivity index (χ0v) is 9.61. The third-order valence-electron chi connectivity index (χ3n) is 2.41. The molecule has 2 rings (SSSR count). The van der Waals surface area contributed by atoms with E-state index in [1.165, 1.54) is 0 Å². The lowest BCUT2D eigenvalue weighted by Gasteiger charge is -2.11. The maximum atomic E-state index is 9.73. The van der Waals surface area contributed by atoms with Gasteiger partial charge in [0.2, 0.25) is 0 Å². The molecule has 0 aromatic carbocycles. The van der Waals surface area contributed by atoms with Crippen molar-refractivity contribution in [3.05, 3.63) is 36.9 Å². The van der Waals surface area contributed by atoms with Crippen LogP contribution < -0.4 is 5.32 Å². The van der Waals surface area contributed by atoms with Crippen molar-refractivity contribution in [3.63, 3.8) is 0 Å². The van der Waals surface area contributed by atoms with Gasteiger partial charge in [0.25, 0.3) is 0 Å². The van der Waals surface area contributed by atoms with Crippen molar-refractivity contribution in [2.75, 3.05) is 13.1 Å². The van der Waals surface area contributed by atoms with Crippen LogP contribution >= 0.6 is 0 Å². The molecule has 0 saturated carbocycles. The van der Waals surface area contributed by atoms with Crippen LogP contribution in [0.15, 0.2) is 36.9 Å². The first kappa shape index (κ1) is 11.8. The number of hydrogen-bond acceptors (Lipinski definition) is 4. The van der Waals surface area contributed by atoms with Gasteiger partial charge in [0, 0.05) is 37.9 Å². The van der Waals surface area contributed by atoms with Crippen molar-refractivity contribution < 1.29 is 5.11 Å². The lowest BCUT2D eigenvalue weighted by atomic mass is 10.3. The minimum atomic E-state index is -0.424. The van der Waals surface area contributed by atoms with E-state index in [0.717, 1.165) is 13.1 Å². The number of nitrogens with zero attached hydrogens (tertiary/aromatic N) is 4. The van der Waals surface area contributed by atoms with Gasteiger partial charge in [-0.3, -0.25) is 9.36 Å². The van der Waals surface area contributed by atoms with Gasteiger partial charge < -0.3 is 10.4 Å². The molecule has 2 N–H and O–H groups in total. The normalized spacial score (nSPS) is 12.8. The van der Waals surface area contributed by atoms with Crippen molar-refractivity contribution in [2.45, 2.75) is 19.2 Å². The van der Waals surface area contributed by atoms with Crippen LogP contribution in [-0.4, -0.2) is 43.9 Å². The van der Waals surface area contributed by atoms with Crippen molar-refractivity contribution >= 4 is 0 Å². The largest absolute Gasteiger partial charge is 0.390 e. The van der Waals surface area contributed by atoms with Crippen LogP contribution in [0.4, 0.5) is 0 Å². The second kappa shape index (κ2) is 6.17. The molecular weight excluding hydrogens is 218 g/mol. The number of hydrogen-bond donors (Lipinski definition) is 2. The van der Waals surface area contributed by atoms with E-state index < -0.39 is 6.10 Å². The molecule has 1 atom stereocenters. The summed E-state index contributed by atoms with van der Waals surface area (Å²) < 4.78 is 3.58. The smallest absolute Gasteiger partial charge is 0.0860 e. The fraction of sp³-hybridized carbons (Fsp3) is 0.455. The van der Waals surface area contributed by atoms with E-state index in [-0.39, 0.29) is 0 Å². The summed E-state index contributed by atoms with van der Waals surface area (Å²) in [6.07, 6.45) is 6.80. The van der Waals surface area contributed by atoms with Crippen molar-refractivity contribution in [1.29, 1.82) is 0 Å². The van der Waals surface area contributed by atoms with Crippen molar-refractivity contribution in [2.24, 2.45) is 0 Å². The molecular formula is C11H17N5O. The Morgan fingerprint density at radius 2 is 1.82 bits per heavy atom. The van der Waals surface area contributed by atoms with Crippen LogP contribution in [0.3, 0.4) is 0 Å². The predicted octanol–water partition coefficient (Wildman–Crippen LogP) is -0.270. The van der Waals surface area contributed by atoms with Crippen LogP contribution in [0, 0.1) is 0 Å². The first-order valence-corrected chi connectivity index (χ1v) is 5.68. The molecule has 0 amide bonds. The molecule has 0 bridgehead atoms. The topological polar surface area (TPSA) is 67.9 Å². The summed E-state index contributed by atoms with van der Waals surface area (Å²) in [7, 11) is 0. The minimum absolute atomic E-state index is 0.424. The lowest BCUT2D eigenvalue weighted by Crippen LogP contribution is -2.32. The third-order valence-corrected chi connectivity index (χ3v) is 2.41. The summed E-state index contributed by atoms with van der Waals surface area (Å²) in [5.74, 6) is 0. The van der Waals surface area contributed by atoms with E-state index >= 15 is 0 Å². The monoisotopic (exact) mass is 235 g/mol. The second-order valence-corrected chi connectivity index (χ2v) is 3.86. The fourth-order valence-corrected chi connectivity index (χ4v) is 1.58. The molecule has 0 saturated heterocycles. The Morgan fingerprint density at radius 1 is 1.12 bits per heavy atom. The van der Waals surface area contributed by atoms with Gasteiger partial charge in [0.05, 0.1) is 19.2 Å². The van der Waals surface area contributed by atoms with Gasteiger partial charge in [-0.2, -0.15) is 10.2 Å². The lowest BCUT2D eigenvalue weighted by molar-refractivity contribution is 0.146. The number of aromatic nitrogens is 4. The molecule has 0 aliphatic heterocycles. The molecule has 0 aliphatic carbocycles. The highest BCUT2D eigenvalue weighted by atomic mass is 16.3. The maximum absolute atomic E-state index is 9.73. The Bertz CT molecular complexity index is 397. The Balaban J connectivity index is 1.58. The van der Waals surface area contributed by atoms with E-state index in [0.29, 0.717) is 13.1 Å². The third kappa shape index (κ3) is 4.01. The number of rotatable bonds is 7. The zero-order chi connectivity index (χ0) is 11.9. The standard InChI is InChI=1S/C11H17N5O/c17-11(10-16-7-2-4-14-16)9-12-5-8-15-6-1-3-13-15/h1-4,6-7,11-12,17H,5,8-10H2. The Labute approximate surface area is 99.9 Å². The Hall–Kier alpha value is -1.66. The summed E-state index contributed by atoms with van der Waals surface area (Å²) in [6.45, 7) is 2.67. The van der Waals surface area contributed by atoms with Gasteiger partial charge in [-0.25, -0.2) is 0 Å². The minimum Gasteiger partial charge on any atom is -0.390 e. The fourth-order valence-electron chi connectivity index (χ4n) is 1.58. The van der Waals surface area contributed by atoms with Crippen LogP contribution in [-0.2, 0) is 13.1 Å². The molecule has 0 spiro atoms. The molecule has 1 unspecified atom stereocenters. The second-order valence-electron chi connectivity index (χ2n) is 3.86. The highest BCUT2D eigenvalue weighted by Crippen LogP contribution is 1.90. The van der Waals surface area contributed by atoms with Crippen LogP contribution in [0.25, 0.3) is 0 Å². The van der Waals surface area contributed by atoms with E-state index in [9.17, 15) is 5.11 Å². The summed E-state index contributed by atoms with van der Waals surface area (Å²) in [5, 5.41) is 21.0. The molecule has 2 aromatic heterocycles. The number of nitrogens with one attached hydrogen (secondary N) is 1. The molecule has 0 aliphatic rings. The first-order valence-electron chi connectivity index (χ1n) is 5.68. The summed E-state index contributed by atoms with van der Waals surface area (Å²) in [6, 6.07) is 3.74. The predicted molar refractivity (Wildman–Crippen MR) is 63.3 cm³/mol. The van der Waals surface area contributed by atoms with Gasteiger partial charge >= 0.3 is 0 Å². The molecule has 0 fully saturated rings. The van der Waals surface area contributed by atoms with Crippen molar-refractivity contribution in [3.8, 4) is 0 Å². The van der Waals surface area contributed by atoms with Crippen molar-refractivity contribution in [1.82, 2.24) is 24.9 Å². The molecule has 6 nitrogen and oxygen atoms in total. The van der Waals surface area contributed by atoms with Gasteiger partial charge in [-0.1, -0.05) is 0 Å². The Kier molecular flexibility index (Phi) is 4.29. The van der Waals surface area contributed by atoms with E-state index in [2.05, 4.69) is 15.5 Å². The van der Waals surface area contributed by atoms with Crippen LogP contribution in [0.2, 0.25) is 0 Å². The zero-order valence-electron chi connectivity index (χ0n) is 9.61. The highest BCUT2D eigenvalue weighted by molar-refractivity contribution is 4.79. The summed E-state index contributed by atoms with van der Waals surface area (Å²) in [4.78, 5) is 0. The highest BCUT2D eigenvalue weighted by Gasteiger charge is 2.04. The molecule has 2 aromatic rings. The van der Waals surface area contributed by atoms with Gasteiger partial charge in [-0.05, 0) is 12.1 Å². The van der Waals surface area contributed by atoms with Gasteiger partial charge in [-0.15, -0.1) is 0 Å². The maximum Gasteiger partial charge on any atom is 0.0860 e. The molecule has 6 heteroatoms. The Morgan fingerprint density at radius 3 is 2.47 bits per heavy atom. The first-order chi connectivity index (χ1) is 8.34.